The molecule has 2 rings (SSSR count). The van der Waals surface area contributed by atoms with Crippen molar-refractivity contribution >= 4 is 40.1 Å². The minimum atomic E-state index is -1.55. The van der Waals surface area contributed by atoms with Crippen LogP contribution in [0.3, 0.4) is 0 Å². The number of hydrogen-bond donors (Lipinski definition) is 3. The fourth-order valence-corrected chi connectivity index (χ4v) is 4.75. The van der Waals surface area contributed by atoms with Gasteiger partial charge in [-0.2, -0.15) is 0 Å². The number of hydrogen-bond acceptors (Lipinski definition) is 5. The van der Waals surface area contributed by atoms with Crippen LogP contribution in [0.4, 0.5) is 0 Å². The lowest BCUT2D eigenvalue weighted by Gasteiger charge is -2.39. The lowest BCUT2D eigenvalue weighted by Crippen LogP contribution is -2.47. The number of nitrogens with zero attached hydrogens (tertiary/aromatic N) is 1. The monoisotopic (exact) mass is 505 g/mol. The van der Waals surface area contributed by atoms with E-state index in [0.717, 1.165) is 5.56 Å². The first-order valence-electron chi connectivity index (χ1n) is 10.6. The van der Waals surface area contributed by atoms with Crippen LogP contribution in [0.15, 0.2) is 24.8 Å². The van der Waals surface area contributed by atoms with E-state index >= 15 is 0 Å². The number of benzene rings is 1. The second-order valence-corrected chi connectivity index (χ2v) is 11.2. The number of aliphatic hydroxyl groups is 1. The molecule has 0 aliphatic carbocycles. The molecule has 1 aromatic rings. The Morgan fingerprint density at radius 3 is 2.50 bits per heavy atom. The Hall–Kier alpha value is -1.16. The van der Waals surface area contributed by atoms with E-state index in [-0.39, 0.29) is 24.3 Å². The molecule has 7 nitrogen and oxygen atoms in total. The number of nitrogens with two attached hydrogens (primary N) is 2. The molecule has 0 bridgehead atoms. The number of likely N-dealkylation sites (tertiary alicyclic amines) is 1. The van der Waals surface area contributed by atoms with Crippen LogP contribution in [0.2, 0.25) is 10.0 Å². The lowest BCUT2D eigenvalue weighted by molar-refractivity contribution is -0.141. The summed E-state index contributed by atoms with van der Waals surface area (Å²) in [6, 6.07) is 3.50. The molecular formula is C22H33Cl2N3O4S. The Bertz CT molecular complexity index is 845. The average Bonchev–Trinajstić information content (AvgIpc) is 2.77. The summed E-state index contributed by atoms with van der Waals surface area (Å²) in [5.74, 6) is 0.319. The van der Waals surface area contributed by atoms with Crippen LogP contribution in [-0.2, 0) is 15.8 Å². The first-order chi connectivity index (χ1) is 15.0. The van der Waals surface area contributed by atoms with Gasteiger partial charge in [-0.15, -0.1) is 0 Å². The van der Waals surface area contributed by atoms with Crippen LogP contribution in [0.1, 0.15) is 44.6 Å². The van der Waals surface area contributed by atoms with E-state index in [0.29, 0.717) is 54.8 Å². The third kappa shape index (κ3) is 6.68. The SMILES string of the molecule is C=CCOc1cc(Cl)c(Cl)cc1[C@H](CC(C)(C)S(N)=O)C1CCN(C(=O)[C@@H](O)CN)CC1. The Morgan fingerprint density at radius 2 is 1.97 bits per heavy atom. The number of amides is 1. The quantitative estimate of drug-likeness (QED) is 0.422. The summed E-state index contributed by atoms with van der Waals surface area (Å²) >= 11 is 12.6. The molecule has 1 saturated heterocycles. The molecule has 3 atom stereocenters. The van der Waals surface area contributed by atoms with Crippen molar-refractivity contribution < 1.29 is 18.8 Å². The van der Waals surface area contributed by atoms with Gasteiger partial charge in [0.1, 0.15) is 18.5 Å². The molecule has 1 aliphatic heterocycles. The number of piperidine rings is 1. The van der Waals surface area contributed by atoms with Crippen molar-refractivity contribution in [3.63, 3.8) is 0 Å². The molecular weight excluding hydrogens is 473 g/mol. The van der Waals surface area contributed by atoms with Crippen molar-refractivity contribution in [1.29, 1.82) is 0 Å². The zero-order chi connectivity index (χ0) is 24.1. The minimum Gasteiger partial charge on any atom is -0.489 e. The maximum atomic E-state index is 12.3. The summed E-state index contributed by atoms with van der Waals surface area (Å²) in [4.78, 5) is 14.0. The summed E-state index contributed by atoms with van der Waals surface area (Å²) in [6.45, 7) is 8.62. The zero-order valence-electron chi connectivity index (χ0n) is 18.6. The molecule has 10 heteroatoms. The van der Waals surface area contributed by atoms with Gasteiger partial charge >= 0.3 is 0 Å². The highest BCUT2D eigenvalue weighted by Crippen LogP contribution is 2.45. The summed E-state index contributed by atoms with van der Waals surface area (Å²) in [5, 5.41) is 16.4. The summed E-state index contributed by atoms with van der Waals surface area (Å²) < 4.78 is 17.5. The van der Waals surface area contributed by atoms with Crippen molar-refractivity contribution in [2.24, 2.45) is 16.8 Å². The van der Waals surface area contributed by atoms with E-state index in [1.807, 2.05) is 13.8 Å². The highest BCUT2D eigenvalue weighted by Gasteiger charge is 2.37. The molecule has 1 heterocycles. The Labute approximate surface area is 202 Å². The lowest BCUT2D eigenvalue weighted by atomic mass is 9.75. The van der Waals surface area contributed by atoms with Gasteiger partial charge in [0.15, 0.2) is 0 Å². The van der Waals surface area contributed by atoms with Gasteiger partial charge in [0.25, 0.3) is 5.91 Å². The fourth-order valence-electron chi connectivity index (χ4n) is 4.08. The molecule has 0 saturated carbocycles. The molecule has 1 aliphatic rings. The first-order valence-corrected chi connectivity index (χ1v) is 12.5. The molecule has 1 aromatic carbocycles. The van der Waals surface area contributed by atoms with Gasteiger partial charge in [-0.05, 0) is 56.6 Å². The third-order valence-corrected chi connectivity index (χ3v) is 7.97. The summed E-state index contributed by atoms with van der Waals surface area (Å²) in [7, 11) is -1.55. The highest BCUT2D eigenvalue weighted by atomic mass is 35.5. The summed E-state index contributed by atoms with van der Waals surface area (Å²) in [5.41, 5.74) is 6.30. The van der Waals surface area contributed by atoms with Gasteiger partial charge in [0.05, 0.1) is 25.8 Å². The smallest absolute Gasteiger partial charge is 0.252 e. The van der Waals surface area contributed by atoms with Gasteiger partial charge in [0, 0.05) is 25.7 Å². The molecule has 0 spiro atoms. The zero-order valence-corrected chi connectivity index (χ0v) is 20.9. The number of halogens is 2. The molecule has 180 valence electrons. The van der Waals surface area contributed by atoms with Gasteiger partial charge < -0.3 is 20.5 Å². The van der Waals surface area contributed by atoms with Gasteiger partial charge in [0.2, 0.25) is 0 Å². The van der Waals surface area contributed by atoms with E-state index in [1.165, 1.54) is 0 Å². The molecule has 1 unspecified atom stereocenters. The number of carbonyl (C=O) groups excluding carboxylic acids is 1. The maximum Gasteiger partial charge on any atom is 0.252 e. The topological polar surface area (TPSA) is 119 Å². The number of ether oxygens (including phenoxy) is 1. The second-order valence-electron chi connectivity index (χ2n) is 8.69. The van der Waals surface area contributed by atoms with Gasteiger partial charge in [-0.1, -0.05) is 35.9 Å². The van der Waals surface area contributed by atoms with E-state index in [2.05, 4.69) is 6.58 Å². The van der Waals surface area contributed by atoms with Crippen LogP contribution in [0.5, 0.6) is 5.75 Å². The molecule has 32 heavy (non-hydrogen) atoms. The standard InChI is InChI=1S/C22H33Cl2N3O4S/c1-4-9-31-20-11-18(24)17(23)10-15(20)16(12-22(2,3)32(26)30)14-5-7-27(8-6-14)21(29)19(28)13-25/h4,10-11,14,16,19,28H,1,5-9,12-13,25-26H2,2-3H3/t16-,19+,32?/m1/s1. The van der Waals surface area contributed by atoms with Crippen LogP contribution < -0.4 is 15.6 Å². The average molecular weight is 506 g/mol. The number of aliphatic hydroxyl groups excluding tert-OH is 1. The molecule has 1 amide bonds. The van der Waals surface area contributed by atoms with Crippen LogP contribution in [0.25, 0.3) is 0 Å². The Morgan fingerprint density at radius 1 is 1.38 bits per heavy atom. The number of carbonyl (C=O) groups is 1. The van der Waals surface area contributed by atoms with Crippen molar-refractivity contribution in [3.8, 4) is 5.75 Å². The second kappa shape index (κ2) is 11.8. The third-order valence-electron chi connectivity index (χ3n) is 5.99. The molecule has 5 N–H and O–H groups in total. The number of rotatable bonds is 10. The van der Waals surface area contributed by atoms with Gasteiger partial charge in [-0.3, -0.25) is 9.93 Å². The molecule has 0 radical (unpaired) electrons. The van der Waals surface area contributed by atoms with Crippen LogP contribution in [-0.4, -0.2) is 57.2 Å². The minimum absolute atomic E-state index is 0.0798. The maximum absolute atomic E-state index is 12.3. The highest BCUT2D eigenvalue weighted by molar-refractivity contribution is 7.84. The van der Waals surface area contributed by atoms with Crippen LogP contribution in [0, 0.1) is 5.92 Å². The molecule has 0 aromatic heterocycles. The largest absolute Gasteiger partial charge is 0.489 e. The fraction of sp³-hybridized carbons (Fsp3) is 0.591. The Balaban J connectivity index is 2.39. The van der Waals surface area contributed by atoms with Crippen molar-refractivity contribution in [3.05, 3.63) is 40.4 Å². The summed E-state index contributed by atoms with van der Waals surface area (Å²) in [6.07, 6.45) is 2.38. The van der Waals surface area contributed by atoms with E-state index in [4.69, 9.17) is 38.8 Å². The Kier molecular flexibility index (Phi) is 10.00. The normalized spacial score (nSPS) is 18.2. The van der Waals surface area contributed by atoms with Crippen molar-refractivity contribution in [2.75, 3.05) is 26.2 Å². The predicted octanol–water partition coefficient (Wildman–Crippen LogP) is 2.99. The van der Waals surface area contributed by atoms with Gasteiger partial charge in [-0.25, -0.2) is 4.21 Å². The van der Waals surface area contributed by atoms with Crippen molar-refractivity contribution in [2.45, 2.75) is 49.9 Å². The predicted molar refractivity (Wildman–Crippen MR) is 130 cm³/mol. The van der Waals surface area contributed by atoms with E-state index in [9.17, 15) is 14.1 Å². The van der Waals surface area contributed by atoms with Crippen LogP contribution >= 0.6 is 23.2 Å². The van der Waals surface area contributed by atoms with E-state index < -0.39 is 21.8 Å². The van der Waals surface area contributed by atoms with Crippen molar-refractivity contribution in [1.82, 2.24) is 4.90 Å². The first kappa shape index (κ1) is 27.1. The molecule has 1 fully saturated rings. The van der Waals surface area contributed by atoms with E-state index in [1.54, 1.807) is 23.1 Å².